The molecule has 4 aromatic rings. The van der Waals surface area contributed by atoms with E-state index in [-0.39, 0.29) is 5.56 Å². The highest BCUT2D eigenvalue weighted by atomic mass is 16.1. The van der Waals surface area contributed by atoms with Crippen LogP contribution in [-0.4, -0.2) is 14.8 Å². The number of fused-ring (bicyclic) bond motifs is 1. The zero-order valence-electron chi connectivity index (χ0n) is 13.3. The summed E-state index contributed by atoms with van der Waals surface area (Å²) in [5.74, 6) is 0. The van der Waals surface area contributed by atoms with Crippen molar-refractivity contribution in [3.05, 3.63) is 88.5 Å². The smallest absolute Gasteiger partial charge is 0.250 e. The lowest BCUT2D eigenvalue weighted by atomic mass is 10.1. The van der Waals surface area contributed by atoms with Crippen LogP contribution in [0, 0.1) is 11.3 Å². The molecule has 1 N–H and O–H groups in total. The molecule has 2 aromatic heterocycles. The number of aromatic nitrogens is 3. The van der Waals surface area contributed by atoms with E-state index in [1.54, 1.807) is 22.9 Å². The number of hydrogen-bond acceptors (Lipinski definition) is 3. The summed E-state index contributed by atoms with van der Waals surface area (Å²) in [4.78, 5) is 12.2. The van der Waals surface area contributed by atoms with Gasteiger partial charge in [0.2, 0.25) is 0 Å². The van der Waals surface area contributed by atoms with Gasteiger partial charge in [-0.25, -0.2) is 0 Å². The van der Waals surface area contributed by atoms with Crippen LogP contribution in [0.3, 0.4) is 0 Å². The van der Waals surface area contributed by atoms with Gasteiger partial charge in [0.15, 0.2) is 0 Å². The SMILES string of the molecule is N#Cc1ccccc1Cn1cc(-c2ccc3cn[nH]c3c2)ccc1=O. The third kappa shape index (κ3) is 2.81. The second-order valence-corrected chi connectivity index (χ2v) is 5.82. The Morgan fingerprint density at radius 1 is 1.08 bits per heavy atom. The summed E-state index contributed by atoms with van der Waals surface area (Å²) in [7, 11) is 0. The predicted octanol–water partition coefficient (Wildman–Crippen LogP) is 3.31. The fourth-order valence-corrected chi connectivity index (χ4v) is 2.89. The minimum absolute atomic E-state index is 0.0980. The van der Waals surface area contributed by atoms with Gasteiger partial charge in [0.25, 0.3) is 5.56 Å². The standard InChI is InChI=1S/C20H14N4O/c21-10-15-3-1-2-4-17(15)12-24-13-18(7-8-20(24)25)14-5-6-16-11-22-23-19(16)9-14/h1-9,11,13H,12H2,(H,22,23). The molecule has 0 amide bonds. The highest BCUT2D eigenvalue weighted by Gasteiger charge is 2.06. The van der Waals surface area contributed by atoms with E-state index in [1.165, 1.54) is 0 Å². The first-order chi connectivity index (χ1) is 12.2. The van der Waals surface area contributed by atoms with E-state index in [1.807, 2.05) is 48.7 Å². The Morgan fingerprint density at radius 2 is 1.92 bits per heavy atom. The molecule has 2 heterocycles. The van der Waals surface area contributed by atoms with Crippen LogP contribution in [0.2, 0.25) is 0 Å². The normalized spacial score (nSPS) is 10.7. The monoisotopic (exact) mass is 326 g/mol. The van der Waals surface area contributed by atoms with Crippen LogP contribution in [0.15, 0.2) is 71.8 Å². The van der Waals surface area contributed by atoms with Crippen molar-refractivity contribution < 1.29 is 0 Å². The van der Waals surface area contributed by atoms with E-state index in [9.17, 15) is 10.1 Å². The number of benzene rings is 2. The molecule has 0 saturated carbocycles. The highest BCUT2D eigenvalue weighted by Crippen LogP contribution is 2.22. The average molecular weight is 326 g/mol. The Morgan fingerprint density at radius 3 is 2.80 bits per heavy atom. The molecule has 0 bridgehead atoms. The molecule has 5 heteroatoms. The summed E-state index contributed by atoms with van der Waals surface area (Å²) < 4.78 is 1.63. The number of pyridine rings is 1. The van der Waals surface area contributed by atoms with Crippen molar-refractivity contribution in [1.82, 2.24) is 14.8 Å². The van der Waals surface area contributed by atoms with Gasteiger partial charge in [-0.3, -0.25) is 9.89 Å². The van der Waals surface area contributed by atoms with Gasteiger partial charge in [0.05, 0.1) is 29.9 Å². The first-order valence-corrected chi connectivity index (χ1v) is 7.86. The zero-order chi connectivity index (χ0) is 17.2. The molecule has 4 rings (SSSR count). The summed E-state index contributed by atoms with van der Waals surface area (Å²) >= 11 is 0. The van der Waals surface area contributed by atoms with Crippen molar-refractivity contribution in [3.63, 3.8) is 0 Å². The molecule has 0 aliphatic heterocycles. The Labute approximate surface area is 143 Å². The molecular formula is C20H14N4O. The van der Waals surface area contributed by atoms with E-state index < -0.39 is 0 Å². The molecule has 120 valence electrons. The van der Waals surface area contributed by atoms with Gasteiger partial charge in [-0.05, 0) is 34.9 Å². The molecule has 0 aliphatic carbocycles. The van der Waals surface area contributed by atoms with Crippen LogP contribution < -0.4 is 5.56 Å². The van der Waals surface area contributed by atoms with E-state index in [4.69, 9.17) is 0 Å². The Bertz CT molecular complexity index is 1160. The third-order valence-electron chi connectivity index (χ3n) is 4.24. The maximum absolute atomic E-state index is 12.2. The van der Waals surface area contributed by atoms with Crippen molar-refractivity contribution in [1.29, 1.82) is 5.26 Å². The van der Waals surface area contributed by atoms with E-state index in [0.717, 1.165) is 27.6 Å². The summed E-state index contributed by atoms with van der Waals surface area (Å²) in [6.07, 6.45) is 3.60. The largest absolute Gasteiger partial charge is 0.310 e. The molecule has 0 unspecified atom stereocenters. The number of nitrogens with zero attached hydrogens (tertiary/aromatic N) is 3. The van der Waals surface area contributed by atoms with Gasteiger partial charge in [-0.2, -0.15) is 10.4 Å². The zero-order valence-corrected chi connectivity index (χ0v) is 13.3. The molecule has 0 radical (unpaired) electrons. The predicted molar refractivity (Wildman–Crippen MR) is 96.0 cm³/mol. The summed E-state index contributed by atoms with van der Waals surface area (Å²) in [5, 5.41) is 17.3. The number of nitriles is 1. The van der Waals surface area contributed by atoms with Gasteiger partial charge in [0.1, 0.15) is 0 Å². The lowest BCUT2D eigenvalue weighted by Crippen LogP contribution is -2.19. The molecule has 0 spiro atoms. The quantitative estimate of drug-likeness (QED) is 0.627. The topological polar surface area (TPSA) is 74.5 Å². The van der Waals surface area contributed by atoms with E-state index in [0.29, 0.717) is 12.1 Å². The summed E-state index contributed by atoms with van der Waals surface area (Å²) in [6, 6.07) is 18.9. The third-order valence-corrected chi connectivity index (χ3v) is 4.24. The second kappa shape index (κ2) is 6.10. The maximum Gasteiger partial charge on any atom is 0.250 e. The van der Waals surface area contributed by atoms with Gasteiger partial charge in [-0.1, -0.05) is 30.3 Å². The lowest BCUT2D eigenvalue weighted by molar-refractivity contribution is 0.759. The lowest BCUT2D eigenvalue weighted by Gasteiger charge is -2.10. The fraction of sp³-hybridized carbons (Fsp3) is 0.0500. The van der Waals surface area contributed by atoms with Gasteiger partial charge >= 0.3 is 0 Å². The van der Waals surface area contributed by atoms with E-state index in [2.05, 4.69) is 16.3 Å². The summed E-state index contributed by atoms with van der Waals surface area (Å²) in [6.45, 7) is 0.364. The van der Waals surface area contributed by atoms with Crippen molar-refractivity contribution in [2.75, 3.05) is 0 Å². The van der Waals surface area contributed by atoms with Gasteiger partial charge in [-0.15, -0.1) is 0 Å². The van der Waals surface area contributed by atoms with Gasteiger partial charge < -0.3 is 4.57 Å². The second-order valence-electron chi connectivity index (χ2n) is 5.82. The highest BCUT2D eigenvalue weighted by molar-refractivity contribution is 5.83. The molecule has 2 aromatic carbocycles. The Kier molecular flexibility index (Phi) is 3.64. The van der Waals surface area contributed by atoms with Crippen LogP contribution in [-0.2, 0) is 6.54 Å². The first kappa shape index (κ1) is 14.9. The maximum atomic E-state index is 12.2. The van der Waals surface area contributed by atoms with Crippen LogP contribution in [0.5, 0.6) is 0 Å². The fourth-order valence-electron chi connectivity index (χ4n) is 2.89. The minimum Gasteiger partial charge on any atom is -0.310 e. The van der Waals surface area contributed by atoms with Crippen LogP contribution in [0.1, 0.15) is 11.1 Å². The molecule has 5 nitrogen and oxygen atoms in total. The van der Waals surface area contributed by atoms with Gasteiger partial charge in [0, 0.05) is 17.6 Å². The number of H-pyrrole nitrogens is 1. The number of hydrogen-bond donors (Lipinski definition) is 1. The number of rotatable bonds is 3. The molecule has 0 atom stereocenters. The molecule has 0 fully saturated rings. The van der Waals surface area contributed by atoms with Crippen molar-refractivity contribution in [3.8, 4) is 17.2 Å². The van der Waals surface area contributed by atoms with Crippen molar-refractivity contribution in [2.24, 2.45) is 0 Å². The molecule has 0 aliphatic rings. The average Bonchev–Trinajstić information content (AvgIpc) is 3.11. The molecule has 25 heavy (non-hydrogen) atoms. The molecule has 0 saturated heterocycles. The first-order valence-electron chi connectivity index (χ1n) is 7.86. The number of aromatic amines is 1. The van der Waals surface area contributed by atoms with Crippen molar-refractivity contribution in [2.45, 2.75) is 6.54 Å². The molecular weight excluding hydrogens is 312 g/mol. The van der Waals surface area contributed by atoms with Crippen molar-refractivity contribution >= 4 is 10.9 Å². The van der Waals surface area contributed by atoms with Crippen LogP contribution in [0.25, 0.3) is 22.0 Å². The minimum atomic E-state index is -0.0980. The Hall–Kier alpha value is -3.65. The Balaban J connectivity index is 1.76. The van der Waals surface area contributed by atoms with Crippen LogP contribution in [0.4, 0.5) is 0 Å². The number of nitrogens with one attached hydrogen (secondary N) is 1. The van der Waals surface area contributed by atoms with E-state index >= 15 is 0 Å². The van der Waals surface area contributed by atoms with Crippen LogP contribution >= 0.6 is 0 Å². The summed E-state index contributed by atoms with van der Waals surface area (Å²) in [5.41, 5.74) is 4.20.